The maximum Gasteiger partial charge on any atom is 0.218 e. The van der Waals surface area contributed by atoms with E-state index < -0.39 is 6.29 Å². The van der Waals surface area contributed by atoms with Crippen molar-refractivity contribution in [2.45, 2.75) is 45.3 Å². The van der Waals surface area contributed by atoms with E-state index in [2.05, 4.69) is 18.9 Å². The highest BCUT2D eigenvalue weighted by Crippen LogP contribution is 2.33. The Bertz CT molecular complexity index is 920. The average Bonchev–Trinajstić information content (AvgIpc) is 3.17. The molecule has 2 fully saturated rings. The van der Waals surface area contributed by atoms with Gasteiger partial charge in [-0.15, -0.1) is 0 Å². The zero-order chi connectivity index (χ0) is 18.4. The fourth-order valence-corrected chi connectivity index (χ4v) is 3.54. The molecule has 138 valence electrons. The zero-order valence-corrected chi connectivity index (χ0v) is 15.8. The topological polar surface area (TPSA) is 67.5 Å². The summed E-state index contributed by atoms with van der Waals surface area (Å²) in [5.74, 6) is 1.42. The molecule has 2 aromatic rings. The number of carbonyl (C=O) groups excluding carboxylic acids is 1. The van der Waals surface area contributed by atoms with Crippen molar-refractivity contribution in [1.82, 2.24) is 14.3 Å². The van der Waals surface area contributed by atoms with Crippen molar-refractivity contribution in [3.05, 3.63) is 39.9 Å². The first kappa shape index (κ1) is 17.4. The summed E-state index contributed by atoms with van der Waals surface area (Å²) in [7, 11) is 1.85. The number of rotatable bonds is 4. The number of aromatic nitrogens is 3. The SMILES string of the molecule is Cc1ccc(OCc2nn([C@H]3CC(=O)[C@@H]4OC[C@@H]3O4)c(=S)n2C)cc1C. The van der Waals surface area contributed by atoms with Crippen molar-refractivity contribution in [2.24, 2.45) is 7.05 Å². The smallest absolute Gasteiger partial charge is 0.218 e. The van der Waals surface area contributed by atoms with E-state index in [4.69, 9.17) is 26.4 Å². The van der Waals surface area contributed by atoms with Gasteiger partial charge in [0.25, 0.3) is 0 Å². The van der Waals surface area contributed by atoms with Crippen LogP contribution in [0.25, 0.3) is 0 Å². The Kier molecular flexibility index (Phi) is 4.42. The third kappa shape index (κ3) is 2.98. The van der Waals surface area contributed by atoms with Gasteiger partial charge < -0.3 is 18.8 Å². The molecule has 2 saturated heterocycles. The molecule has 0 radical (unpaired) electrons. The predicted octanol–water partition coefficient (Wildman–Crippen LogP) is 2.40. The van der Waals surface area contributed by atoms with E-state index in [1.165, 1.54) is 11.1 Å². The number of hydrogen-bond acceptors (Lipinski definition) is 6. The van der Waals surface area contributed by atoms with Gasteiger partial charge in [-0.3, -0.25) is 4.79 Å². The maximum absolute atomic E-state index is 12.1. The Morgan fingerprint density at radius 3 is 2.92 bits per heavy atom. The number of aryl methyl sites for hydroxylation is 2. The number of Topliss-reactive ketones (excluding diaryl/α,β-unsaturated/α-hetero) is 1. The summed E-state index contributed by atoms with van der Waals surface area (Å²) in [5.41, 5.74) is 2.40. The molecule has 1 aromatic heterocycles. The molecule has 0 spiro atoms. The Morgan fingerprint density at radius 2 is 2.15 bits per heavy atom. The van der Waals surface area contributed by atoms with Gasteiger partial charge in [0.2, 0.25) is 6.29 Å². The van der Waals surface area contributed by atoms with Crippen LogP contribution >= 0.6 is 12.2 Å². The summed E-state index contributed by atoms with van der Waals surface area (Å²) in [6.07, 6.45) is -0.604. The molecule has 0 N–H and O–H groups in total. The summed E-state index contributed by atoms with van der Waals surface area (Å²) in [6.45, 7) is 4.79. The van der Waals surface area contributed by atoms with Gasteiger partial charge in [-0.05, 0) is 49.3 Å². The second-order valence-electron chi connectivity index (χ2n) is 6.81. The Labute approximate surface area is 156 Å². The van der Waals surface area contributed by atoms with E-state index in [9.17, 15) is 4.79 Å². The highest BCUT2D eigenvalue weighted by molar-refractivity contribution is 7.71. The number of fused-ring (bicyclic) bond motifs is 2. The molecular formula is C18H21N3O4S. The van der Waals surface area contributed by atoms with Crippen LogP contribution in [-0.2, 0) is 27.9 Å². The van der Waals surface area contributed by atoms with Gasteiger partial charge in [0.05, 0.1) is 12.6 Å². The molecule has 0 saturated carbocycles. The van der Waals surface area contributed by atoms with Crippen LogP contribution in [0.5, 0.6) is 5.75 Å². The van der Waals surface area contributed by atoms with Crippen LogP contribution in [-0.4, -0.2) is 39.1 Å². The van der Waals surface area contributed by atoms with E-state index in [0.717, 1.165) is 5.75 Å². The van der Waals surface area contributed by atoms with Crippen LogP contribution in [0.3, 0.4) is 0 Å². The Morgan fingerprint density at radius 1 is 1.35 bits per heavy atom. The number of carbonyl (C=O) groups is 1. The maximum atomic E-state index is 12.1. The Balaban J connectivity index is 1.55. The standard InChI is InChI=1S/C18H21N3O4S/c1-10-4-5-12(6-11(10)2)23-9-16-19-21(18(26)20(16)3)13-7-14(22)17-24-8-15(13)25-17/h4-6,13,15,17H,7-9H2,1-3H3/t13-,15-,17+/m0/s1. The molecule has 0 unspecified atom stereocenters. The van der Waals surface area contributed by atoms with E-state index in [-0.39, 0.29) is 17.9 Å². The van der Waals surface area contributed by atoms with Crippen molar-refractivity contribution in [2.75, 3.05) is 6.61 Å². The van der Waals surface area contributed by atoms with Gasteiger partial charge in [-0.2, -0.15) is 5.10 Å². The van der Waals surface area contributed by atoms with Crippen LogP contribution in [0.15, 0.2) is 18.2 Å². The molecule has 0 amide bonds. The van der Waals surface area contributed by atoms with E-state index in [1.807, 2.05) is 29.8 Å². The van der Waals surface area contributed by atoms with Gasteiger partial charge in [0, 0.05) is 13.5 Å². The lowest BCUT2D eigenvalue weighted by Crippen LogP contribution is -2.37. The van der Waals surface area contributed by atoms with Crippen LogP contribution in [0.2, 0.25) is 0 Å². The third-order valence-electron chi connectivity index (χ3n) is 5.07. The van der Waals surface area contributed by atoms with Crippen molar-refractivity contribution in [3.63, 3.8) is 0 Å². The van der Waals surface area contributed by atoms with Gasteiger partial charge in [0.15, 0.2) is 16.4 Å². The van der Waals surface area contributed by atoms with Crippen molar-refractivity contribution in [3.8, 4) is 5.75 Å². The molecule has 26 heavy (non-hydrogen) atoms. The minimum Gasteiger partial charge on any atom is -0.486 e. The molecular weight excluding hydrogens is 354 g/mol. The number of benzene rings is 1. The van der Waals surface area contributed by atoms with Crippen LogP contribution in [0.4, 0.5) is 0 Å². The van der Waals surface area contributed by atoms with Crippen molar-refractivity contribution in [1.29, 1.82) is 0 Å². The molecule has 2 aliphatic heterocycles. The first-order valence-corrected chi connectivity index (χ1v) is 8.99. The minimum atomic E-state index is -0.721. The van der Waals surface area contributed by atoms with Gasteiger partial charge in [-0.25, -0.2) is 4.68 Å². The largest absolute Gasteiger partial charge is 0.486 e. The highest BCUT2D eigenvalue weighted by atomic mass is 32.1. The molecule has 4 rings (SSSR count). The van der Waals surface area contributed by atoms with E-state index >= 15 is 0 Å². The monoisotopic (exact) mass is 375 g/mol. The number of nitrogens with zero attached hydrogens (tertiary/aromatic N) is 3. The normalized spacial score (nSPS) is 24.9. The zero-order valence-electron chi connectivity index (χ0n) is 15.0. The lowest BCUT2D eigenvalue weighted by Gasteiger charge is -2.26. The molecule has 8 heteroatoms. The third-order valence-corrected chi connectivity index (χ3v) is 5.53. The van der Waals surface area contributed by atoms with E-state index in [0.29, 0.717) is 30.2 Å². The average molecular weight is 375 g/mol. The minimum absolute atomic E-state index is 0.0655. The summed E-state index contributed by atoms with van der Waals surface area (Å²) in [6, 6.07) is 5.74. The van der Waals surface area contributed by atoms with Gasteiger partial charge >= 0.3 is 0 Å². The van der Waals surface area contributed by atoms with E-state index in [1.54, 1.807) is 4.68 Å². The molecule has 7 nitrogen and oxygen atoms in total. The van der Waals surface area contributed by atoms with Crippen LogP contribution in [0.1, 0.15) is 29.4 Å². The first-order valence-electron chi connectivity index (χ1n) is 8.58. The van der Waals surface area contributed by atoms with Gasteiger partial charge in [0.1, 0.15) is 18.5 Å². The predicted molar refractivity (Wildman–Crippen MR) is 95.6 cm³/mol. The fourth-order valence-electron chi connectivity index (χ4n) is 3.26. The second kappa shape index (κ2) is 6.61. The van der Waals surface area contributed by atoms with Gasteiger partial charge in [-0.1, -0.05) is 6.07 Å². The van der Waals surface area contributed by atoms with Crippen molar-refractivity contribution < 1.29 is 19.0 Å². The lowest BCUT2D eigenvalue weighted by atomic mass is 10.0. The summed E-state index contributed by atoms with van der Waals surface area (Å²) < 4.78 is 20.9. The number of ketones is 1. The summed E-state index contributed by atoms with van der Waals surface area (Å²) in [4.78, 5) is 12.1. The fraction of sp³-hybridized carbons (Fsp3) is 0.500. The highest BCUT2D eigenvalue weighted by Gasteiger charge is 2.45. The van der Waals surface area contributed by atoms with Crippen LogP contribution in [0, 0.1) is 18.6 Å². The summed E-state index contributed by atoms with van der Waals surface area (Å²) >= 11 is 5.52. The Hall–Kier alpha value is -2.03. The molecule has 0 aliphatic carbocycles. The molecule has 3 atom stereocenters. The molecule has 2 aliphatic rings. The van der Waals surface area contributed by atoms with Crippen molar-refractivity contribution >= 4 is 18.0 Å². The molecule has 3 heterocycles. The first-order chi connectivity index (χ1) is 12.4. The summed E-state index contributed by atoms with van der Waals surface area (Å²) in [5, 5.41) is 4.60. The molecule has 2 bridgehead atoms. The number of ether oxygens (including phenoxy) is 3. The number of hydrogen-bond donors (Lipinski definition) is 0. The lowest BCUT2D eigenvalue weighted by molar-refractivity contribution is -0.156. The van der Waals surface area contributed by atoms with Crippen LogP contribution < -0.4 is 4.74 Å². The second-order valence-corrected chi connectivity index (χ2v) is 7.18. The molecule has 1 aromatic carbocycles. The quantitative estimate of drug-likeness (QED) is 0.765.